The molecule has 0 bridgehead atoms. The molecule has 3 aromatic rings. The van der Waals surface area contributed by atoms with Crippen molar-refractivity contribution in [3.8, 4) is 5.75 Å². The van der Waals surface area contributed by atoms with Gasteiger partial charge in [-0.05, 0) is 44.5 Å². The molecule has 13 heteroatoms. The van der Waals surface area contributed by atoms with E-state index in [0.29, 0.717) is 17.1 Å². The van der Waals surface area contributed by atoms with Crippen LogP contribution in [0.4, 0.5) is 28.8 Å². The number of para-hydroxylation sites is 1. The number of aromatic nitrogens is 2. The van der Waals surface area contributed by atoms with Gasteiger partial charge >= 0.3 is 0 Å². The SMILES string of the molecule is COc1cc(N2CCC(N(C)C(C)=O)C2)ccc1Nc1ncc(Cl)c(Nc2ccccc2S(=O)(=O)NC(C)C)n1. The molecule has 2 heterocycles. The van der Waals surface area contributed by atoms with Gasteiger partial charge in [-0.15, -0.1) is 0 Å². The van der Waals surface area contributed by atoms with Crippen molar-refractivity contribution in [3.05, 3.63) is 53.7 Å². The van der Waals surface area contributed by atoms with Crippen molar-refractivity contribution in [3.63, 3.8) is 0 Å². The van der Waals surface area contributed by atoms with E-state index >= 15 is 0 Å². The summed E-state index contributed by atoms with van der Waals surface area (Å²) in [6.45, 7) is 6.66. The summed E-state index contributed by atoms with van der Waals surface area (Å²) in [7, 11) is -0.354. The Kier molecular flexibility index (Phi) is 9.02. The van der Waals surface area contributed by atoms with Gasteiger partial charge in [0.05, 0.1) is 30.7 Å². The van der Waals surface area contributed by atoms with Crippen LogP contribution in [-0.4, -0.2) is 68.5 Å². The first-order valence-electron chi connectivity index (χ1n) is 12.8. The molecule has 40 heavy (non-hydrogen) atoms. The maximum atomic E-state index is 12.9. The van der Waals surface area contributed by atoms with Crippen LogP contribution < -0.4 is 25.0 Å². The van der Waals surface area contributed by atoms with Crippen LogP contribution in [0.3, 0.4) is 0 Å². The minimum atomic E-state index is -3.77. The fraction of sp³-hybridized carbons (Fsp3) is 0.370. The van der Waals surface area contributed by atoms with Gasteiger partial charge in [0.25, 0.3) is 0 Å². The molecule has 0 spiro atoms. The summed E-state index contributed by atoms with van der Waals surface area (Å²) in [6, 6.07) is 12.2. The van der Waals surface area contributed by atoms with Gasteiger partial charge in [-0.3, -0.25) is 4.79 Å². The molecule has 0 saturated carbocycles. The van der Waals surface area contributed by atoms with Crippen LogP contribution in [0, 0.1) is 0 Å². The number of carbonyl (C=O) groups excluding carboxylic acids is 1. The average molecular weight is 588 g/mol. The molecule has 214 valence electrons. The van der Waals surface area contributed by atoms with Gasteiger partial charge in [-0.25, -0.2) is 18.1 Å². The minimum Gasteiger partial charge on any atom is -0.494 e. The third-order valence-corrected chi connectivity index (χ3v) is 8.56. The number of ether oxygens (including phenoxy) is 1. The quantitative estimate of drug-likeness (QED) is 0.317. The molecule has 1 unspecified atom stereocenters. The highest BCUT2D eigenvalue weighted by molar-refractivity contribution is 7.89. The van der Waals surface area contributed by atoms with Gasteiger partial charge in [0.15, 0.2) is 5.82 Å². The maximum absolute atomic E-state index is 12.9. The van der Waals surface area contributed by atoms with Crippen molar-refractivity contribution in [2.75, 3.05) is 42.8 Å². The van der Waals surface area contributed by atoms with E-state index in [-0.39, 0.29) is 39.7 Å². The van der Waals surface area contributed by atoms with Crippen LogP contribution in [0.25, 0.3) is 0 Å². The number of anilines is 5. The lowest BCUT2D eigenvalue weighted by atomic mass is 10.2. The highest BCUT2D eigenvalue weighted by Crippen LogP contribution is 2.34. The standard InChI is InChI=1S/C27H34ClN7O4S/c1-17(2)33-40(37,38)25-9-7-6-8-23(25)30-26-21(28)15-29-27(32-26)31-22-11-10-19(14-24(22)39-5)35-13-12-20(16-35)34(4)18(3)36/h6-11,14-15,17,20,33H,12-13,16H2,1-5H3,(H2,29,30,31,32). The molecule has 1 aliphatic rings. The molecular weight excluding hydrogens is 554 g/mol. The second-order valence-electron chi connectivity index (χ2n) is 9.82. The number of hydrogen-bond acceptors (Lipinski definition) is 9. The number of amides is 1. The zero-order valence-corrected chi connectivity index (χ0v) is 24.7. The predicted molar refractivity (Wildman–Crippen MR) is 158 cm³/mol. The topological polar surface area (TPSA) is 129 Å². The van der Waals surface area contributed by atoms with Gasteiger partial charge in [-0.2, -0.15) is 4.98 Å². The number of likely N-dealkylation sites (N-methyl/N-ethyl adjacent to an activating group) is 1. The number of hydrogen-bond donors (Lipinski definition) is 3. The van der Waals surface area contributed by atoms with Gasteiger partial charge in [-0.1, -0.05) is 23.7 Å². The van der Waals surface area contributed by atoms with Crippen molar-refractivity contribution >= 4 is 56.4 Å². The molecule has 2 aromatic carbocycles. The van der Waals surface area contributed by atoms with E-state index in [0.717, 1.165) is 25.2 Å². The molecule has 0 radical (unpaired) electrons. The molecule has 11 nitrogen and oxygen atoms in total. The number of methoxy groups -OCH3 is 1. The van der Waals surface area contributed by atoms with Gasteiger partial charge in [0, 0.05) is 44.9 Å². The van der Waals surface area contributed by atoms with E-state index in [4.69, 9.17) is 16.3 Å². The monoisotopic (exact) mass is 587 g/mol. The zero-order valence-electron chi connectivity index (χ0n) is 23.1. The molecule has 1 saturated heterocycles. The second kappa shape index (κ2) is 12.3. The lowest BCUT2D eigenvalue weighted by Gasteiger charge is -2.25. The summed E-state index contributed by atoms with van der Waals surface area (Å²) in [5.74, 6) is 1.12. The number of nitrogens with zero attached hydrogens (tertiary/aromatic N) is 4. The Morgan fingerprint density at radius 2 is 1.93 bits per heavy atom. The van der Waals surface area contributed by atoms with E-state index < -0.39 is 10.0 Å². The van der Waals surface area contributed by atoms with Crippen LogP contribution in [0.1, 0.15) is 27.2 Å². The molecule has 1 aromatic heterocycles. The van der Waals surface area contributed by atoms with Crippen LogP contribution >= 0.6 is 11.6 Å². The molecule has 0 aliphatic carbocycles. The van der Waals surface area contributed by atoms with Crippen molar-refractivity contribution in [2.24, 2.45) is 0 Å². The normalized spacial score (nSPS) is 15.3. The molecule has 1 fully saturated rings. The Hall–Kier alpha value is -3.61. The van der Waals surface area contributed by atoms with E-state index in [2.05, 4.69) is 30.2 Å². The van der Waals surface area contributed by atoms with Crippen molar-refractivity contribution in [1.29, 1.82) is 0 Å². The predicted octanol–water partition coefficient (Wildman–Crippen LogP) is 4.37. The Labute approximate surface area is 240 Å². The van der Waals surface area contributed by atoms with Crippen LogP contribution in [-0.2, 0) is 14.8 Å². The van der Waals surface area contributed by atoms with Crippen molar-refractivity contribution in [2.45, 2.75) is 44.2 Å². The number of benzene rings is 2. The maximum Gasteiger partial charge on any atom is 0.242 e. The number of sulfonamides is 1. The molecule has 4 rings (SSSR count). The Bertz CT molecular complexity index is 1490. The summed E-state index contributed by atoms with van der Waals surface area (Å²) >= 11 is 6.37. The van der Waals surface area contributed by atoms with Gasteiger partial charge in [0.1, 0.15) is 15.7 Å². The first-order valence-corrected chi connectivity index (χ1v) is 14.7. The number of rotatable bonds is 10. The summed E-state index contributed by atoms with van der Waals surface area (Å²) in [4.78, 5) is 24.6. The second-order valence-corrected chi connectivity index (χ2v) is 11.9. The fourth-order valence-electron chi connectivity index (χ4n) is 4.47. The van der Waals surface area contributed by atoms with E-state index in [9.17, 15) is 13.2 Å². The third kappa shape index (κ3) is 6.75. The van der Waals surface area contributed by atoms with Crippen molar-refractivity contribution < 1.29 is 17.9 Å². The lowest BCUT2D eigenvalue weighted by molar-refractivity contribution is -0.129. The van der Waals surface area contributed by atoms with Crippen LogP contribution in [0.2, 0.25) is 5.02 Å². The van der Waals surface area contributed by atoms with Crippen LogP contribution in [0.15, 0.2) is 53.6 Å². The first kappa shape index (κ1) is 29.4. The summed E-state index contributed by atoms with van der Waals surface area (Å²) < 4.78 is 33.9. The minimum absolute atomic E-state index is 0.0538. The van der Waals surface area contributed by atoms with Crippen molar-refractivity contribution in [1.82, 2.24) is 19.6 Å². The average Bonchev–Trinajstić information content (AvgIpc) is 3.40. The van der Waals surface area contributed by atoms with E-state index in [1.807, 2.05) is 25.2 Å². The van der Waals surface area contributed by atoms with E-state index in [1.54, 1.807) is 51.0 Å². The molecule has 3 N–H and O–H groups in total. The fourth-order valence-corrected chi connectivity index (χ4v) is 6.02. The Morgan fingerprint density at radius 1 is 1.18 bits per heavy atom. The highest BCUT2D eigenvalue weighted by Gasteiger charge is 2.28. The molecule has 1 aliphatic heterocycles. The summed E-state index contributed by atoms with van der Waals surface area (Å²) in [5, 5.41) is 6.41. The number of halogens is 1. The first-order chi connectivity index (χ1) is 19.0. The zero-order chi connectivity index (χ0) is 29.0. The summed E-state index contributed by atoms with van der Waals surface area (Å²) in [6.07, 6.45) is 2.32. The number of nitrogens with one attached hydrogen (secondary N) is 3. The van der Waals surface area contributed by atoms with E-state index in [1.165, 1.54) is 12.3 Å². The highest BCUT2D eigenvalue weighted by atomic mass is 35.5. The molecule has 1 amide bonds. The third-order valence-electron chi connectivity index (χ3n) is 6.57. The van der Waals surface area contributed by atoms with Crippen LogP contribution in [0.5, 0.6) is 5.75 Å². The van der Waals surface area contributed by atoms with Gasteiger partial charge < -0.3 is 25.2 Å². The molecule has 1 atom stereocenters. The Morgan fingerprint density at radius 3 is 2.62 bits per heavy atom. The Balaban J connectivity index is 1.54. The summed E-state index contributed by atoms with van der Waals surface area (Å²) in [5.41, 5.74) is 1.94. The molecular formula is C27H34ClN7O4S. The number of carbonyl (C=O) groups is 1. The largest absolute Gasteiger partial charge is 0.494 e. The smallest absolute Gasteiger partial charge is 0.242 e. The lowest BCUT2D eigenvalue weighted by Crippen LogP contribution is -2.37. The van der Waals surface area contributed by atoms with Gasteiger partial charge in [0.2, 0.25) is 21.9 Å².